The lowest BCUT2D eigenvalue weighted by Gasteiger charge is -2.16. The lowest BCUT2D eigenvalue weighted by Crippen LogP contribution is -2.16. The summed E-state index contributed by atoms with van der Waals surface area (Å²) in [4.78, 5) is 16.8. The molecule has 1 N–H and O–H groups in total. The largest absolute Gasteiger partial charge is 0.493 e. The number of aromatic nitrogens is 1. The van der Waals surface area contributed by atoms with Crippen LogP contribution in [0.5, 0.6) is 28.7 Å². The number of benzene rings is 3. The third-order valence-electron chi connectivity index (χ3n) is 5.79. The number of fused-ring (bicyclic) bond motifs is 1. The van der Waals surface area contributed by atoms with Crippen molar-refractivity contribution < 1.29 is 28.5 Å². The Bertz CT molecular complexity index is 1430. The Morgan fingerprint density at radius 1 is 0.868 bits per heavy atom. The van der Waals surface area contributed by atoms with Crippen molar-refractivity contribution >= 4 is 34.3 Å². The molecular formula is C29H29ClN2O6. The third kappa shape index (κ3) is 6.58. The van der Waals surface area contributed by atoms with Crippen LogP contribution in [0, 0.1) is 13.8 Å². The first-order valence-corrected chi connectivity index (χ1v) is 12.4. The molecule has 0 saturated heterocycles. The van der Waals surface area contributed by atoms with Crippen LogP contribution < -0.4 is 24.3 Å². The molecule has 3 aromatic carbocycles. The Morgan fingerprint density at radius 3 is 2.34 bits per heavy atom. The van der Waals surface area contributed by atoms with E-state index in [9.17, 15) is 4.79 Å². The molecule has 1 aromatic heterocycles. The van der Waals surface area contributed by atoms with Crippen LogP contribution in [0.4, 0.5) is 10.5 Å². The highest BCUT2D eigenvalue weighted by atomic mass is 35.5. The first-order chi connectivity index (χ1) is 18.4. The van der Waals surface area contributed by atoms with Crippen LogP contribution in [0.1, 0.15) is 17.5 Å². The summed E-state index contributed by atoms with van der Waals surface area (Å²) >= 11 is 5.87. The second-order valence-electron chi connectivity index (χ2n) is 8.48. The van der Waals surface area contributed by atoms with Gasteiger partial charge in [0, 0.05) is 34.8 Å². The van der Waals surface area contributed by atoms with Crippen molar-refractivity contribution in [3.05, 3.63) is 76.9 Å². The van der Waals surface area contributed by atoms with E-state index >= 15 is 0 Å². The number of hydrogen-bond acceptors (Lipinski definition) is 7. The van der Waals surface area contributed by atoms with E-state index in [2.05, 4.69) is 10.3 Å². The second kappa shape index (κ2) is 12.4. The van der Waals surface area contributed by atoms with E-state index in [0.29, 0.717) is 58.0 Å². The van der Waals surface area contributed by atoms with E-state index in [1.165, 1.54) is 0 Å². The Hall–Kier alpha value is -4.17. The van der Waals surface area contributed by atoms with E-state index < -0.39 is 6.09 Å². The Morgan fingerprint density at radius 2 is 1.61 bits per heavy atom. The van der Waals surface area contributed by atoms with Gasteiger partial charge in [-0.05, 0) is 73.5 Å². The van der Waals surface area contributed by atoms with Gasteiger partial charge in [0.05, 0.1) is 33.0 Å². The van der Waals surface area contributed by atoms with Gasteiger partial charge in [-0.15, -0.1) is 0 Å². The predicted molar refractivity (Wildman–Crippen MR) is 147 cm³/mol. The zero-order valence-corrected chi connectivity index (χ0v) is 22.4. The molecule has 9 heteroatoms. The number of methoxy groups -OCH3 is 2. The van der Waals surface area contributed by atoms with Crippen LogP contribution in [-0.2, 0) is 4.74 Å². The lowest BCUT2D eigenvalue weighted by atomic mass is 10.1. The van der Waals surface area contributed by atoms with Gasteiger partial charge >= 0.3 is 6.09 Å². The summed E-state index contributed by atoms with van der Waals surface area (Å²) in [6.07, 6.45) is 1.70. The van der Waals surface area contributed by atoms with Crippen molar-refractivity contribution in [1.29, 1.82) is 0 Å². The van der Waals surface area contributed by atoms with Gasteiger partial charge in [-0.2, -0.15) is 0 Å². The average molecular weight is 537 g/mol. The molecule has 0 aliphatic heterocycles. The maximum atomic E-state index is 12.3. The second-order valence-corrected chi connectivity index (χ2v) is 8.92. The number of hydrogen-bond donors (Lipinski definition) is 1. The number of nitrogens with one attached hydrogen (secondary N) is 1. The SMILES string of the molecule is COc1cc2nccc(Oc3cc(C)c(NC(=O)OCCCOc4ccc(Cl)cc4)cc3C)c2cc1OC. The van der Waals surface area contributed by atoms with Crippen LogP contribution in [0.2, 0.25) is 5.02 Å². The summed E-state index contributed by atoms with van der Waals surface area (Å²) in [6.45, 7) is 4.44. The fraction of sp³-hybridized carbons (Fsp3) is 0.241. The minimum Gasteiger partial charge on any atom is -0.493 e. The zero-order chi connectivity index (χ0) is 27.1. The molecule has 0 spiro atoms. The van der Waals surface area contributed by atoms with Gasteiger partial charge in [0.25, 0.3) is 0 Å². The average Bonchev–Trinajstić information content (AvgIpc) is 2.91. The fourth-order valence-electron chi connectivity index (χ4n) is 3.78. The summed E-state index contributed by atoms with van der Waals surface area (Å²) in [6, 6.07) is 16.3. The molecule has 4 rings (SSSR count). The number of nitrogens with zero attached hydrogens (tertiary/aromatic N) is 1. The molecule has 0 atom stereocenters. The molecule has 198 valence electrons. The van der Waals surface area contributed by atoms with Crippen molar-refractivity contribution in [1.82, 2.24) is 4.98 Å². The number of ether oxygens (including phenoxy) is 5. The standard InChI is InChI=1S/C29H29ClN2O6/c1-18-15-26(38-25-10-11-31-24-17-28(35-4)27(34-3)16-22(24)25)19(2)14-23(18)32-29(33)37-13-5-12-36-21-8-6-20(30)7-9-21/h6-11,14-17H,5,12-13H2,1-4H3,(H,32,33). The van der Waals surface area contributed by atoms with E-state index in [0.717, 1.165) is 16.5 Å². The molecule has 0 bridgehead atoms. The van der Waals surface area contributed by atoms with Crippen LogP contribution in [-0.4, -0.2) is 38.5 Å². The molecular weight excluding hydrogens is 508 g/mol. The topological polar surface area (TPSA) is 88.1 Å². The van der Waals surface area contributed by atoms with Crippen molar-refractivity contribution in [2.24, 2.45) is 0 Å². The summed E-state index contributed by atoms with van der Waals surface area (Å²) in [5.74, 6) is 3.17. The summed E-state index contributed by atoms with van der Waals surface area (Å²) in [7, 11) is 3.17. The number of carbonyl (C=O) groups excluding carboxylic acids is 1. The van der Waals surface area contributed by atoms with Gasteiger partial charge in [0.1, 0.15) is 17.2 Å². The van der Waals surface area contributed by atoms with Crippen molar-refractivity contribution in [2.45, 2.75) is 20.3 Å². The molecule has 38 heavy (non-hydrogen) atoms. The Balaban J connectivity index is 1.37. The van der Waals surface area contributed by atoms with Gasteiger partial charge < -0.3 is 23.7 Å². The number of halogens is 1. The minimum absolute atomic E-state index is 0.224. The quantitative estimate of drug-likeness (QED) is 0.212. The van der Waals surface area contributed by atoms with Gasteiger partial charge in [-0.3, -0.25) is 10.3 Å². The molecule has 0 fully saturated rings. The first-order valence-electron chi connectivity index (χ1n) is 12.0. The van der Waals surface area contributed by atoms with Gasteiger partial charge in [-0.25, -0.2) is 4.79 Å². The van der Waals surface area contributed by atoms with Crippen LogP contribution >= 0.6 is 11.6 Å². The number of carbonyl (C=O) groups is 1. The van der Waals surface area contributed by atoms with Crippen molar-refractivity contribution in [2.75, 3.05) is 32.8 Å². The smallest absolute Gasteiger partial charge is 0.411 e. The molecule has 0 unspecified atom stereocenters. The highest BCUT2D eigenvalue weighted by Gasteiger charge is 2.14. The monoisotopic (exact) mass is 536 g/mol. The Kier molecular flexibility index (Phi) is 8.76. The normalized spacial score (nSPS) is 10.7. The molecule has 4 aromatic rings. The molecule has 0 aliphatic carbocycles. The van der Waals surface area contributed by atoms with E-state index in [-0.39, 0.29) is 6.61 Å². The fourth-order valence-corrected chi connectivity index (χ4v) is 3.91. The van der Waals surface area contributed by atoms with E-state index in [1.54, 1.807) is 50.7 Å². The number of amides is 1. The Labute approximate surface area is 226 Å². The molecule has 1 amide bonds. The van der Waals surface area contributed by atoms with Crippen molar-refractivity contribution in [3.8, 4) is 28.7 Å². The number of rotatable bonds is 10. The maximum Gasteiger partial charge on any atom is 0.411 e. The lowest BCUT2D eigenvalue weighted by molar-refractivity contribution is 0.152. The third-order valence-corrected chi connectivity index (χ3v) is 6.04. The maximum absolute atomic E-state index is 12.3. The summed E-state index contributed by atoms with van der Waals surface area (Å²) in [5, 5.41) is 4.24. The predicted octanol–water partition coefficient (Wildman–Crippen LogP) is 7.33. The van der Waals surface area contributed by atoms with E-state index in [4.69, 9.17) is 35.3 Å². The van der Waals surface area contributed by atoms with Crippen LogP contribution in [0.3, 0.4) is 0 Å². The molecule has 0 saturated carbocycles. The zero-order valence-electron chi connectivity index (χ0n) is 21.7. The van der Waals surface area contributed by atoms with E-state index in [1.807, 2.05) is 38.1 Å². The highest BCUT2D eigenvalue weighted by Crippen LogP contribution is 2.38. The highest BCUT2D eigenvalue weighted by molar-refractivity contribution is 6.30. The van der Waals surface area contributed by atoms with Gasteiger partial charge in [0.2, 0.25) is 0 Å². The van der Waals surface area contributed by atoms with Crippen molar-refractivity contribution in [3.63, 3.8) is 0 Å². The van der Waals surface area contributed by atoms with Crippen LogP contribution in [0.15, 0.2) is 60.8 Å². The summed E-state index contributed by atoms with van der Waals surface area (Å²) < 4.78 is 28.0. The molecule has 0 radical (unpaired) electrons. The minimum atomic E-state index is -0.533. The summed E-state index contributed by atoms with van der Waals surface area (Å²) in [5.41, 5.74) is 3.02. The molecule has 0 aliphatic rings. The van der Waals surface area contributed by atoms with Gasteiger partial charge in [-0.1, -0.05) is 11.6 Å². The van der Waals surface area contributed by atoms with Gasteiger partial charge in [0.15, 0.2) is 11.5 Å². The number of pyridine rings is 1. The first kappa shape index (κ1) is 26.9. The van der Waals surface area contributed by atoms with Crippen LogP contribution in [0.25, 0.3) is 10.9 Å². The number of anilines is 1. The molecule has 8 nitrogen and oxygen atoms in total. The number of aryl methyl sites for hydroxylation is 2. The molecule has 1 heterocycles.